The molecule has 2 heterocycles. The molecule has 1 aliphatic heterocycles. The lowest BCUT2D eigenvalue weighted by Crippen LogP contribution is -2.46. The number of aliphatic hydroxyl groups is 1. The number of hydrogen-bond donors (Lipinski definition) is 2. The number of hydrogen-bond acceptors (Lipinski definition) is 4. The van der Waals surface area contributed by atoms with Gasteiger partial charge < -0.3 is 15.3 Å². The Kier molecular flexibility index (Phi) is 5.20. The highest BCUT2D eigenvalue weighted by Crippen LogP contribution is 2.22. The molecule has 0 aliphatic carbocycles. The Balaban J connectivity index is 2.14. The number of carbonyl (C=O) groups is 1. The second-order valence-electron chi connectivity index (χ2n) is 5.36. The molecule has 5 nitrogen and oxygen atoms in total. The van der Waals surface area contributed by atoms with Gasteiger partial charge in [-0.1, -0.05) is 32.3 Å². The lowest BCUT2D eigenvalue weighted by atomic mass is 10.1. The maximum atomic E-state index is 12.2. The second kappa shape index (κ2) is 7.11. The third kappa shape index (κ3) is 3.74. The minimum atomic E-state index is -0.335. The maximum absolute atomic E-state index is 12.2. The Bertz CT molecular complexity index is 528. The molecule has 1 atom stereocenters. The Hall–Kier alpha value is -2.04. The van der Waals surface area contributed by atoms with Crippen LogP contribution in [0.25, 0.3) is 0 Å². The number of nitrogens with one attached hydrogen (secondary N) is 1. The summed E-state index contributed by atoms with van der Waals surface area (Å²) in [6.07, 6.45) is 5.37. The minimum Gasteiger partial charge on any atom is -0.502 e. The van der Waals surface area contributed by atoms with E-state index in [-0.39, 0.29) is 17.8 Å². The van der Waals surface area contributed by atoms with Gasteiger partial charge in [-0.25, -0.2) is 0 Å². The fourth-order valence-corrected chi connectivity index (χ4v) is 2.47. The first-order valence-electron chi connectivity index (χ1n) is 7.53. The number of pyridine rings is 1. The van der Waals surface area contributed by atoms with Gasteiger partial charge in [-0.05, 0) is 25.5 Å². The van der Waals surface area contributed by atoms with E-state index in [1.54, 1.807) is 4.90 Å². The van der Waals surface area contributed by atoms with E-state index < -0.39 is 0 Å². The van der Waals surface area contributed by atoms with Crippen LogP contribution in [-0.2, 0) is 4.79 Å². The SMILES string of the molecule is CCCCCCN1C(=O)C(O)=CNC1c1cccc(C)n1. The molecule has 5 heteroatoms. The van der Waals surface area contributed by atoms with Crippen molar-refractivity contribution in [1.29, 1.82) is 0 Å². The number of aromatic nitrogens is 1. The zero-order valence-corrected chi connectivity index (χ0v) is 12.7. The third-order valence-corrected chi connectivity index (χ3v) is 3.61. The van der Waals surface area contributed by atoms with Gasteiger partial charge in [0.25, 0.3) is 5.91 Å². The topological polar surface area (TPSA) is 65.5 Å². The lowest BCUT2D eigenvalue weighted by Gasteiger charge is -2.34. The summed E-state index contributed by atoms with van der Waals surface area (Å²) in [6, 6.07) is 5.75. The van der Waals surface area contributed by atoms with Crippen LogP contribution in [0.3, 0.4) is 0 Å². The first-order chi connectivity index (χ1) is 10.1. The van der Waals surface area contributed by atoms with Gasteiger partial charge in [-0.15, -0.1) is 0 Å². The number of amides is 1. The molecule has 0 aromatic carbocycles. The second-order valence-corrected chi connectivity index (χ2v) is 5.36. The van der Waals surface area contributed by atoms with E-state index in [0.29, 0.717) is 6.54 Å². The first kappa shape index (κ1) is 15.4. The molecule has 1 aromatic rings. The maximum Gasteiger partial charge on any atom is 0.292 e. The summed E-state index contributed by atoms with van der Waals surface area (Å²) in [4.78, 5) is 18.3. The number of aliphatic hydroxyl groups excluding tert-OH is 1. The summed E-state index contributed by atoms with van der Waals surface area (Å²) in [5.41, 5.74) is 1.70. The van der Waals surface area contributed by atoms with Gasteiger partial charge in [0, 0.05) is 18.4 Å². The van der Waals surface area contributed by atoms with Crippen LogP contribution < -0.4 is 5.32 Å². The Labute approximate surface area is 125 Å². The fourth-order valence-electron chi connectivity index (χ4n) is 2.47. The van der Waals surface area contributed by atoms with Gasteiger partial charge in [-0.2, -0.15) is 0 Å². The zero-order valence-electron chi connectivity index (χ0n) is 12.7. The van der Waals surface area contributed by atoms with E-state index in [0.717, 1.165) is 37.1 Å². The molecule has 0 radical (unpaired) electrons. The van der Waals surface area contributed by atoms with Crippen molar-refractivity contribution < 1.29 is 9.90 Å². The van der Waals surface area contributed by atoms with Crippen LogP contribution in [0.1, 0.15) is 50.2 Å². The van der Waals surface area contributed by atoms with E-state index in [2.05, 4.69) is 17.2 Å². The van der Waals surface area contributed by atoms with Crippen molar-refractivity contribution >= 4 is 5.91 Å². The summed E-state index contributed by atoms with van der Waals surface area (Å²) in [5.74, 6) is -0.576. The molecule has 21 heavy (non-hydrogen) atoms. The van der Waals surface area contributed by atoms with Crippen molar-refractivity contribution in [1.82, 2.24) is 15.2 Å². The van der Waals surface area contributed by atoms with Gasteiger partial charge in [0.1, 0.15) is 6.17 Å². The Morgan fingerprint density at radius 1 is 1.33 bits per heavy atom. The molecule has 1 amide bonds. The van der Waals surface area contributed by atoms with Gasteiger partial charge >= 0.3 is 0 Å². The standard InChI is InChI=1S/C16H23N3O2/c1-3-4-5-6-10-19-15(17-11-14(20)16(19)21)13-9-7-8-12(2)18-13/h7-9,11,15,17,20H,3-6,10H2,1-2H3. The quantitative estimate of drug-likeness (QED) is 0.790. The Morgan fingerprint density at radius 3 is 2.86 bits per heavy atom. The largest absolute Gasteiger partial charge is 0.502 e. The average Bonchev–Trinajstić information content (AvgIpc) is 2.47. The smallest absolute Gasteiger partial charge is 0.292 e. The monoisotopic (exact) mass is 289 g/mol. The van der Waals surface area contributed by atoms with Crippen molar-refractivity contribution in [3.8, 4) is 0 Å². The van der Waals surface area contributed by atoms with E-state index in [1.807, 2.05) is 25.1 Å². The summed E-state index contributed by atoms with van der Waals surface area (Å²) < 4.78 is 0. The van der Waals surface area contributed by atoms with Gasteiger partial charge in [0.15, 0.2) is 5.76 Å². The molecule has 114 valence electrons. The average molecular weight is 289 g/mol. The van der Waals surface area contributed by atoms with Crippen molar-refractivity contribution in [2.45, 2.75) is 45.7 Å². The predicted molar refractivity (Wildman–Crippen MR) is 81.4 cm³/mol. The summed E-state index contributed by atoms with van der Waals surface area (Å²) in [6.45, 7) is 4.69. The van der Waals surface area contributed by atoms with Crippen molar-refractivity contribution in [2.75, 3.05) is 6.54 Å². The van der Waals surface area contributed by atoms with Crippen LogP contribution in [0.4, 0.5) is 0 Å². The summed E-state index contributed by atoms with van der Waals surface area (Å²) in [7, 11) is 0. The van der Waals surface area contributed by atoms with Crippen LogP contribution >= 0.6 is 0 Å². The highest BCUT2D eigenvalue weighted by molar-refractivity contribution is 5.92. The van der Waals surface area contributed by atoms with Gasteiger partial charge in [0.05, 0.1) is 5.69 Å². The van der Waals surface area contributed by atoms with Gasteiger partial charge in [-0.3, -0.25) is 9.78 Å². The number of carbonyl (C=O) groups excluding carboxylic acids is 1. The summed E-state index contributed by atoms with van der Waals surface area (Å²) >= 11 is 0. The van der Waals surface area contributed by atoms with Gasteiger partial charge in [0.2, 0.25) is 0 Å². The van der Waals surface area contributed by atoms with E-state index >= 15 is 0 Å². The lowest BCUT2D eigenvalue weighted by molar-refractivity contribution is -0.134. The van der Waals surface area contributed by atoms with Crippen molar-refractivity contribution in [3.05, 3.63) is 41.5 Å². The molecule has 1 aliphatic rings. The molecule has 1 unspecified atom stereocenters. The number of rotatable bonds is 6. The number of unbranched alkanes of at least 4 members (excludes halogenated alkanes) is 3. The fraction of sp³-hybridized carbons (Fsp3) is 0.500. The third-order valence-electron chi connectivity index (χ3n) is 3.61. The molecule has 0 saturated heterocycles. The first-order valence-corrected chi connectivity index (χ1v) is 7.53. The number of nitrogens with zero attached hydrogens (tertiary/aromatic N) is 2. The van der Waals surface area contributed by atoms with Crippen LogP contribution in [0, 0.1) is 6.92 Å². The molecular formula is C16H23N3O2. The molecular weight excluding hydrogens is 266 g/mol. The normalized spacial score (nSPS) is 18.4. The number of aryl methyl sites for hydroxylation is 1. The van der Waals surface area contributed by atoms with E-state index in [9.17, 15) is 9.90 Å². The molecule has 0 bridgehead atoms. The van der Waals surface area contributed by atoms with E-state index in [1.165, 1.54) is 6.20 Å². The van der Waals surface area contributed by atoms with E-state index in [4.69, 9.17) is 0 Å². The predicted octanol–water partition coefficient (Wildman–Crippen LogP) is 2.80. The molecule has 1 aromatic heterocycles. The molecule has 2 rings (SSSR count). The Morgan fingerprint density at radius 2 is 2.14 bits per heavy atom. The van der Waals surface area contributed by atoms with Crippen LogP contribution in [0.2, 0.25) is 0 Å². The van der Waals surface area contributed by atoms with Crippen molar-refractivity contribution in [2.24, 2.45) is 0 Å². The minimum absolute atomic E-state index is 0.241. The van der Waals surface area contributed by atoms with Crippen LogP contribution in [-0.4, -0.2) is 27.4 Å². The van der Waals surface area contributed by atoms with Crippen LogP contribution in [0.15, 0.2) is 30.2 Å². The summed E-state index contributed by atoms with van der Waals surface area (Å²) in [5, 5.41) is 12.7. The zero-order chi connectivity index (χ0) is 15.2. The highest BCUT2D eigenvalue weighted by atomic mass is 16.3. The molecule has 0 spiro atoms. The molecule has 2 N–H and O–H groups in total. The molecule has 0 saturated carbocycles. The van der Waals surface area contributed by atoms with Crippen LogP contribution in [0.5, 0.6) is 0 Å². The van der Waals surface area contributed by atoms with Crippen molar-refractivity contribution in [3.63, 3.8) is 0 Å². The molecule has 0 fully saturated rings. The highest BCUT2D eigenvalue weighted by Gasteiger charge is 2.31.